The molecule has 2 rings (SSSR count). The highest BCUT2D eigenvalue weighted by Gasteiger charge is 2.18. The van der Waals surface area contributed by atoms with E-state index >= 15 is 0 Å². The van der Waals surface area contributed by atoms with Gasteiger partial charge in [-0.3, -0.25) is 4.79 Å². The van der Waals surface area contributed by atoms with Gasteiger partial charge in [0.05, 0.1) is 6.42 Å². The summed E-state index contributed by atoms with van der Waals surface area (Å²) in [5, 5.41) is 6.44. The fourth-order valence-electron chi connectivity index (χ4n) is 2.96. The van der Waals surface area contributed by atoms with Crippen molar-refractivity contribution in [3.63, 3.8) is 0 Å². The van der Waals surface area contributed by atoms with Crippen LogP contribution in [0.3, 0.4) is 0 Å². The molecule has 0 saturated heterocycles. The third-order valence-electron chi connectivity index (χ3n) is 4.00. The quantitative estimate of drug-likeness (QED) is 0.864. The topological polar surface area (TPSA) is 41.1 Å². The third kappa shape index (κ3) is 4.55. The van der Waals surface area contributed by atoms with Crippen LogP contribution in [-0.2, 0) is 11.2 Å². The van der Waals surface area contributed by atoms with Gasteiger partial charge in [-0.25, -0.2) is 0 Å². The molecule has 1 aliphatic rings. The molecule has 3 heteroatoms. The molecule has 2 unspecified atom stereocenters. The first-order chi connectivity index (χ1) is 9.67. The van der Waals surface area contributed by atoms with Crippen molar-refractivity contribution in [2.75, 3.05) is 11.9 Å². The monoisotopic (exact) mass is 274 g/mol. The smallest absolute Gasteiger partial charge is 0.224 e. The van der Waals surface area contributed by atoms with Gasteiger partial charge in [-0.2, -0.15) is 0 Å². The summed E-state index contributed by atoms with van der Waals surface area (Å²) in [5.41, 5.74) is 2.24. The number of likely N-dealkylation sites (N-methyl/N-ethyl adjacent to an activating group) is 1. The fraction of sp³-hybridized carbons (Fsp3) is 0.588. The zero-order chi connectivity index (χ0) is 14.4. The highest BCUT2D eigenvalue weighted by atomic mass is 16.1. The lowest BCUT2D eigenvalue weighted by Crippen LogP contribution is -2.26. The lowest BCUT2D eigenvalue weighted by Gasteiger charge is -2.28. The van der Waals surface area contributed by atoms with Crippen LogP contribution in [0, 0.1) is 5.92 Å². The Balaban J connectivity index is 1.86. The summed E-state index contributed by atoms with van der Waals surface area (Å²) >= 11 is 0. The van der Waals surface area contributed by atoms with Gasteiger partial charge in [0.15, 0.2) is 0 Å². The van der Waals surface area contributed by atoms with E-state index in [1.165, 1.54) is 31.4 Å². The summed E-state index contributed by atoms with van der Waals surface area (Å²) in [7, 11) is 0. The Bertz CT molecular complexity index is 427. The lowest BCUT2D eigenvalue weighted by molar-refractivity contribution is -0.120. The minimum Gasteiger partial charge on any atom is -0.382 e. The number of carbonyl (C=O) groups excluding carboxylic acids is 1. The number of rotatable bonds is 5. The maximum atomic E-state index is 11.5. The molecular formula is C17H26N2O. The van der Waals surface area contributed by atoms with Gasteiger partial charge in [0, 0.05) is 18.3 Å². The standard InChI is InChI=1S/C17H26N2O/c1-3-18-17(20)12-14-7-9-15(10-8-14)19-16-6-4-5-13(2)11-16/h7-10,13,16,19H,3-6,11-12H2,1-2H3,(H,18,20). The molecule has 3 nitrogen and oxygen atoms in total. The molecule has 0 spiro atoms. The summed E-state index contributed by atoms with van der Waals surface area (Å²) in [5.74, 6) is 0.924. The van der Waals surface area contributed by atoms with Crippen molar-refractivity contribution >= 4 is 11.6 Å². The van der Waals surface area contributed by atoms with Gasteiger partial charge >= 0.3 is 0 Å². The van der Waals surface area contributed by atoms with Crippen LogP contribution in [0.5, 0.6) is 0 Å². The molecule has 0 aliphatic heterocycles. The molecule has 0 aromatic heterocycles. The van der Waals surface area contributed by atoms with Crippen LogP contribution >= 0.6 is 0 Å². The van der Waals surface area contributed by atoms with E-state index in [0.717, 1.165) is 11.5 Å². The minimum atomic E-state index is 0.0920. The average Bonchev–Trinajstić information content (AvgIpc) is 2.41. The zero-order valence-corrected chi connectivity index (χ0v) is 12.6. The molecule has 20 heavy (non-hydrogen) atoms. The molecule has 0 bridgehead atoms. The predicted molar refractivity (Wildman–Crippen MR) is 83.9 cm³/mol. The highest BCUT2D eigenvalue weighted by Crippen LogP contribution is 2.26. The van der Waals surface area contributed by atoms with Gasteiger partial charge in [-0.1, -0.05) is 31.9 Å². The Hall–Kier alpha value is -1.51. The van der Waals surface area contributed by atoms with Gasteiger partial charge in [0.2, 0.25) is 5.91 Å². The molecule has 2 atom stereocenters. The Morgan fingerprint density at radius 1 is 1.25 bits per heavy atom. The van der Waals surface area contributed by atoms with E-state index in [2.05, 4.69) is 29.7 Å². The van der Waals surface area contributed by atoms with E-state index in [1.807, 2.05) is 19.1 Å². The average molecular weight is 274 g/mol. The van der Waals surface area contributed by atoms with Crippen molar-refractivity contribution in [3.8, 4) is 0 Å². The number of benzene rings is 1. The van der Waals surface area contributed by atoms with Gasteiger partial charge in [-0.15, -0.1) is 0 Å². The molecule has 110 valence electrons. The number of anilines is 1. The van der Waals surface area contributed by atoms with Crippen LogP contribution in [0.1, 0.15) is 45.1 Å². The van der Waals surface area contributed by atoms with Crippen molar-refractivity contribution in [1.29, 1.82) is 0 Å². The Morgan fingerprint density at radius 2 is 2.00 bits per heavy atom. The molecule has 1 aromatic carbocycles. The van der Waals surface area contributed by atoms with Crippen LogP contribution in [0.15, 0.2) is 24.3 Å². The number of hydrogen-bond donors (Lipinski definition) is 2. The van der Waals surface area contributed by atoms with E-state index in [0.29, 0.717) is 19.0 Å². The maximum absolute atomic E-state index is 11.5. The molecular weight excluding hydrogens is 248 g/mol. The lowest BCUT2D eigenvalue weighted by atomic mass is 9.87. The van der Waals surface area contributed by atoms with Crippen molar-refractivity contribution < 1.29 is 4.79 Å². The van der Waals surface area contributed by atoms with E-state index < -0.39 is 0 Å². The third-order valence-corrected chi connectivity index (χ3v) is 4.00. The van der Waals surface area contributed by atoms with Crippen molar-refractivity contribution in [2.45, 2.75) is 52.0 Å². The normalized spacial score (nSPS) is 22.3. The Kier molecular flexibility index (Phi) is 5.45. The zero-order valence-electron chi connectivity index (χ0n) is 12.6. The molecule has 0 heterocycles. The fourth-order valence-corrected chi connectivity index (χ4v) is 2.96. The first-order valence-corrected chi connectivity index (χ1v) is 7.79. The first kappa shape index (κ1) is 14.9. The van der Waals surface area contributed by atoms with E-state index in [4.69, 9.17) is 0 Å². The van der Waals surface area contributed by atoms with Gasteiger partial charge in [0.1, 0.15) is 0 Å². The van der Waals surface area contributed by atoms with E-state index in [1.54, 1.807) is 0 Å². The molecule has 1 amide bonds. The van der Waals surface area contributed by atoms with Crippen LogP contribution in [0.2, 0.25) is 0 Å². The van der Waals surface area contributed by atoms with Crippen LogP contribution in [0.25, 0.3) is 0 Å². The van der Waals surface area contributed by atoms with E-state index in [9.17, 15) is 4.79 Å². The van der Waals surface area contributed by atoms with Crippen molar-refractivity contribution in [1.82, 2.24) is 5.32 Å². The van der Waals surface area contributed by atoms with E-state index in [-0.39, 0.29) is 5.91 Å². The van der Waals surface area contributed by atoms with Gasteiger partial charge in [0.25, 0.3) is 0 Å². The van der Waals surface area contributed by atoms with Crippen molar-refractivity contribution in [3.05, 3.63) is 29.8 Å². The van der Waals surface area contributed by atoms with Crippen LogP contribution in [0.4, 0.5) is 5.69 Å². The number of carbonyl (C=O) groups is 1. The summed E-state index contributed by atoms with van der Waals surface area (Å²) in [6.07, 6.45) is 5.69. The second-order valence-corrected chi connectivity index (χ2v) is 5.94. The number of hydrogen-bond acceptors (Lipinski definition) is 2. The summed E-state index contributed by atoms with van der Waals surface area (Å²) in [6, 6.07) is 8.88. The molecule has 1 fully saturated rings. The second-order valence-electron chi connectivity index (χ2n) is 5.94. The second kappa shape index (κ2) is 7.32. The molecule has 2 N–H and O–H groups in total. The van der Waals surface area contributed by atoms with Gasteiger partial charge < -0.3 is 10.6 Å². The molecule has 1 saturated carbocycles. The molecule has 1 aromatic rings. The Morgan fingerprint density at radius 3 is 2.65 bits per heavy atom. The van der Waals surface area contributed by atoms with Crippen LogP contribution in [-0.4, -0.2) is 18.5 Å². The summed E-state index contributed by atoms with van der Waals surface area (Å²) in [4.78, 5) is 11.5. The number of nitrogens with one attached hydrogen (secondary N) is 2. The van der Waals surface area contributed by atoms with Crippen molar-refractivity contribution in [2.24, 2.45) is 5.92 Å². The predicted octanol–water partition coefficient (Wildman–Crippen LogP) is 3.36. The molecule has 1 aliphatic carbocycles. The summed E-state index contributed by atoms with van der Waals surface area (Å²) in [6.45, 7) is 4.97. The SMILES string of the molecule is CCNC(=O)Cc1ccc(NC2CCCC(C)C2)cc1. The largest absolute Gasteiger partial charge is 0.382 e. The minimum absolute atomic E-state index is 0.0920. The maximum Gasteiger partial charge on any atom is 0.224 e. The highest BCUT2D eigenvalue weighted by molar-refractivity contribution is 5.78. The first-order valence-electron chi connectivity index (χ1n) is 7.79. The van der Waals surface area contributed by atoms with Crippen LogP contribution < -0.4 is 10.6 Å². The number of amides is 1. The molecule has 0 radical (unpaired) electrons. The van der Waals surface area contributed by atoms with Gasteiger partial charge in [-0.05, 0) is 43.4 Å². The Labute approximate surface area is 122 Å². The summed E-state index contributed by atoms with van der Waals surface area (Å²) < 4.78 is 0.